The fourth-order valence-electron chi connectivity index (χ4n) is 2.59. The third-order valence-corrected chi connectivity index (χ3v) is 4.49. The SMILES string of the molecule is Cc1nc2nccc(C(=O)Nc3cc(F)c4nc(C)sc4c3)c2[nH]1. The van der Waals surface area contributed by atoms with Gasteiger partial charge in [-0.3, -0.25) is 4.79 Å². The van der Waals surface area contributed by atoms with E-state index < -0.39 is 5.82 Å². The highest BCUT2D eigenvalue weighted by Gasteiger charge is 2.15. The molecule has 0 spiro atoms. The maximum atomic E-state index is 14.1. The zero-order valence-electron chi connectivity index (χ0n) is 12.8. The topological polar surface area (TPSA) is 83.6 Å². The van der Waals surface area contributed by atoms with Crippen LogP contribution in [-0.4, -0.2) is 25.8 Å². The van der Waals surface area contributed by atoms with E-state index in [9.17, 15) is 9.18 Å². The van der Waals surface area contributed by atoms with Gasteiger partial charge in [-0.1, -0.05) is 0 Å². The van der Waals surface area contributed by atoms with Crippen molar-refractivity contribution in [3.8, 4) is 0 Å². The first kappa shape index (κ1) is 14.7. The smallest absolute Gasteiger partial charge is 0.257 e. The summed E-state index contributed by atoms with van der Waals surface area (Å²) in [4.78, 5) is 28.1. The molecule has 6 nitrogen and oxygen atoms in total. The molecular formula is C16H12FN5OS. The molecule has 3 heterocycles. The van der Waals surface area contributed by atoms with Crippen molar-refractivity contribution >= 4 is 44.3 Å². The van der Waals surface area contributed by atoms with Gasteiger partial charge >= 0.3 is 0 Å². The predicted molar refractivity (Wildman–Crippen MR) is 90.9 cm³/mol. The molecule has 8 heteroatoms. The molecule has 0 unspecified atom stereocenters. The molecule has 0 atom stereocenters. The van der Waals surface area contributed by atoms with Crippen molar-refractivity contribution in [2.75, 3.05) is 5.32 Å². The molecule has 4 aromatic rings. The van der Waals surface area contributed by atoms with Crippen molar-refractivity contribution < 1.29 is 9.18 Å². The number of aromatic nitrogens is 4. The van der Waals surface area contributed by atoms with Crippen LogP contribution in [0.1, 0.15) is 21.2 Å². The number of H-pyrrole nitrogens is 1. The number of amides is 1. The Morgan fingerprint density at radius 2 is 2.12 bits per heavy atom. The molecule has 1 amide bonds. The second-order valence-electron chi connectivity index (χ2n) is 5.37. The summed E-state index contributed by atoms with van der Waals surface area (Å²) >= 11 is 1.38. The first-order valence-corrected chi connectivity index (χ1v) is 8.02. The van der Waals surface area contributed by atoms with Gasteiger partial charge in [0.15, 0.2) is 11.5 Å². The van der Waals surface area contributed by atoms with Gasteiger partial charge in [-0.05, 0) is 32.0 Å². The Hall–Kier alpha value is -2.87. The lowest BCUT2D eigenvalue weighted by Gasteiger charge is -2.06. The van der Waals surface area contributed by atoms with E-state index in [1.807, 2.05) is 6.92 Å². The highest BCUT2D eigenvalue weighted by atomic mass is 32.1. The van der Waals surface area contributed by atoms with Crippen molar-refractivity contribution in [2.45, 2.75) is 13.8 Å². The Labute approximate surface area is 139 Å². The summed E-state index contributed by atoms with van der Waals surface area (Å²) in [5.74, 6) is -0.138. The van der Waals surface area contributed by atoms with Gasteiger partial charge in [-0.25, -0.2) is 19.3 Å². The monoisotopic (exact) mass is 341 g/mol. The molecule has 0 aliphatic carbocycles. The van der Waals surface area contributed by atoms with Crippen molar-refractivity contribution in [2.24, 2.45) is 0 Å². The van der Waals surface area contributed by atoms with Crippen LogP contribution in [0.4, 0.5) is 10.1 Å². The van der Waals surface area contributed by atoms with E-state index >= 15 is 0 Å². The Morgan fingerprint density at radius 3 is 2.96 bits per heavy atom. The molecule has 0 aliphatic rings. The average molecular weight is 341 g/mol. The lowest BCUT2D eigenvalue weighted by Crippen LogP contribution is -2.12. The van der Waals surface area contributed by atoms with Gasteiger partial charge < -0.3 is 10.3 Å². The van der Waals surface area contributed by atoms with E-state index in [4.69, 9.17) is 0 Å². The van der Waals surface area contributed by atoms with Crippen LogP contribution in [0.5, 0.6) is 0 Å². The minimum Gasteiger partial charge on any atom is -0.340 e. The van der Waals surface area contributed by atoms with Gasteiger partial charge in [-0.2, -0.15) is 0 Å². The summed E-state index contributed by atoms with van der Waals surface area (Å²) in [6.45, 7) is 3.61. The van der Waals surface area contributed by atoms with Gasteiger partial charge in [0.05, 0.1) is 20.8 Å². The molecule has 4 rings (SSSR count). The average Bonchev–Trinajstić information content (AvgIpc) is 3.08. The van der Waals surface area contributed by atoms with Crippen LogP contribution in [-0.2, 0) is 0 Å². The number of nitrogens with zero attached hydrogens (tertiary/aromatic N) is 3. The van der Waals surface area contributed by atoms with Gasteiger partial charge in [0.1, 0.15) is 11.3 Å². The van der Waals surface area contributed by atoms with Crippen LogP contribution in [0.3, 0.4) is 0 Å². The van der Waals surface area contributed by atoms with E-state index in [1.54, 1.807) is 19.1 Å². The Balaban J connectivity index is 1.73. The highest BCUT2D eigenvalue weighted by molar-refractivity contribution is 7.18. The summed E-state index contributed by atoms with van der Waals surface area (Å²) in [5, 5.41) is 3.50. The number of imidazole rings is 1. The number of carbonyl (C=O) groups excluding carboxylic acids is 1. The minimum atomic E-state index is -0.454. The third kappa shape index (κ3) is 2.41. The van der Waals surface area contributed by atoms with E-state index in [-0.39, 0.29) is 5.91 Å². The zero-order valence-corrected chi connectivity index (χ0v) is 13.7. The maximum absolute atomic E-state index is 14.1. The quantitative estimate of drug-likeness (QED) is 0.584. The third-order valence-electron chi connectivity index (χ3n) is 3.57. The summed E-state index contributed by atoms with van der Waals surface area (Å²) < 4.78 is 14.8. The van der Waals surface area contributed by atoms with Crippen LogP contribution >= 0.6 is 11.3 Å². The van der Waals surface area contributed by atoms with Crippen molar-refractivity contribution in [1.29, 1.82) is 0 Å². The molecule has 24 heavy (non-hydrogen) atoms. The first-order valence-electron chi connectivity index (χ1n) is 7.20. The minimum absolute atomic E-state index is 0.325. The molecule has 0 saturated heterocycles. The number of anilines is 1. The molecule has 0 bridgehead atoms. The molecule has 2 N–H and O–H groups in total. The maximum Gasteiger partial charge on any atom is 0.257 e. The first-order chi connectivity index (χ1) is 11.5. The van der Waals surface area contributed by atoms with Crippen LogP contribution < -0.4 is 5.32 Å². The van der Waals surface area contributed by atoms with Crippen molar-refractivity contribution in [3.63, 3.8) is 0 Å². The normalized spacial score (nSPS) is 11.3. The summed E-state index contributed by atoms with van der Waals surface area (Å²) in [6.07, 6.45) is 1.52. The lowest BCUT2D eigenvalue weighted by molar-refractivity contribution is 0.102. The zero-order chi connectivity index (χ0) is 16.8. The summed E-state index contributed by atoms with van der Waals surface area (Å²) in [6, 6.07) is 4.59. The second kappa shape index (κ2) is 5.34. The Kier molecular flexibility index (Phi) is 3.27. The standard InChI is InChI=1S/C16H12FN5OS/c1-7-19-13-10(3-4-18-15(13)20-7)16(23)22-9-5-11(17)14-12(6-9)24-8(2)21-14/h3-6H,1-2H3,(H,22,23)(H,18,19,20). The van der Waals surface area contributed by atoms with Crippen LogP contribution in [0.25, 0.3) is 21.4 Å². The van der Waals surface area contributed by atoms with Crippen LogP contribution in [0, 0.1) is 19.7 Å². The number of fused-ring (bicyclic) bond motifs is 2. The molecule has 120 valence electrons. The van der Waals surface area contributed by atoms with E-state index in [2.05, 4.69) is 25.3 Å². The fraction of sp³-hybridized carbons (Fsp3) is 0.125. The molecule has 0 saturated carbocycles. The lowest BCUT2D eigenvalue weighted by atomic mass is 10.2. The second-order valence-corrected chi connectivity index (χ2v) is 6.61. The van der Waals surface area contributed by atoms with Gasteiger partial charge in [0, 0.05) is 11.9 Å². The molecule has 0 fully saturated rings. The number of carbonyl (C=O) groups is 1. The molecular weight excluding hydrogens is 329 g/mol. The number of pyridine rings is 1. The van der Waals surface area contributed by atoms with Crippen LogP contribution in [0.15, 0.2) is 24.4 Å². The number of rotatable bonds is 2. The number of thiazole rings is 1. The van der Waals surface area contributed by atoms with E-state index in [0.29, 0.717) is 38.5 Å². The Bertz CT molecular complexity index is 1100. The van der Waals surface area contributed by atoms with E-state index in [0.717, 1.165) is 5.01 Å². The number of aryl methyl sites for hydroxylation is 2. The van der Waals surface area contributed by atoms with Gasteiger partial charge in [0.2, 0.25) is 0 Å². The molecule has 0 radical (unpaired) electrons. The van der Waals surface area contributed by atoms with Crippen LogP contribution in [0.2, 0.25) is 0 Å². The van der Waals surface area contributed by atoms with E-state index in [1.165, 1.54) is 23.6 Å². The number of hydrogen-bond acceptors (Lipinski definition) is 5. The Morgan fingerprint density at radius 1 is 1.29 bits per heavy atom. The number of halogens is 1. The number of aromatic amines is 1. The fourth-order valence-corrected chi connectivity index (χ4v) is 3.47. The van der Waals surface area contributed by atoms with Gasteiger partial charge in [-0.15, -0.1) is 11.3 Å². The molecule has 1 aromatic carbocycles. The largest absolute Gasteiger partial charge is 0.340 e. The summed E-state index contributed by atoms with van der Waals surface area (Å²) in [7, 11) is 0. The number of nitrogens with one attached hydrogen (secondary N) is 2. The molecule has 3 aromatic heterocycles. The van der Waals surface area contributed by atoms with Gasteiger partial charge in [0.25, 0.3) is 5.91 Å². The highest BCUT2D eigenvalue weighted by Crippen LogP contribution is 2.28. The predicted octanol–water partition coefficient (Wildman–Crippen LogP) is 3.58. The molecule has 0 aliphatic heterocycles. The summed E-state index contributed by atoms with van der Waals surface area (Å²) in [5.41, 5.74) is 2.14. The van der Waals surface area contributed by atoms with Crippen molar-refractivity contribution in [1.82, 2.24) is 19.9 Å². The van der Waals surface area contributed by atoms with Crippen molar-refractivity contribution in [3.05, 3.63) is 46.6 Å². The number of hydrogen-bond donors (Lipinski definition) is 2. The number of benzene rings is 1.